The summed E-state index contributed by atoms with van der Waals surface area (Å²) in [5, 5.41) is 12.2. The number of benzene rings is 2. The number of methoxy groups -OCH3 is 1. The number of aromatic nitrogens is 1. The number of para-hydroxylation sites is 2. The molecule has 0 aliphatic carbocycles. The van der Waals surface area contributed by atoms with Crippen LogP contribution in [0.1, 0.15) is 27.3 Å². The molecule has 1 amide bonds. The van der Waals surface area contributed by atoms with E-state index in [4.69, 9.17) is 4.74 Å². The van der Waals surface area contributed by atoms with Crippen LogP contribution >= 0.6 is 0 Å². The molecule has 1 aromatic heterocycles. The first-order chi connectivity index (χ1) is 14.5. The fourth-order valence-corrected chi connectivity index (χ4v) is 3.28. The van der Waals surface area contributed by atoms with Gasteiger partial charge in [-0.2, -0.15) is 5.26 Å². The lowest BCUT2D eigenvalue weighted by molar-refractivity contribution is -0.112. The highest BCUT2D eigenvalue weighted by Gasteiger charge is 2.18. The van der Waals surface area contributed by atoms with Crippen molar-refractivity contribution in [3.63, 3.8) is 0 Å². The highest BCUT2D eigenvalue weighted by Crippen LogP contribution is 2.25. The van der Waals surface area contributed by atoms with Gasteiger partial charge in [0.2, 0.25) is 0 Å². The zero-order valence-electron chi connectivity index (χ0n) is 17.0. The predicted octanol–water partition coefficient (Wildman–Crippen LogP) is 4.43. The van der Waals surface area contributed by atoms with E-state index < -0.39 is 11.9 Å². The number of amides is 1. The summed E-state index contributed by atoms with van der Waals surface area (Å²) in [5.74, 6) is -0.918. The lowest BCUT2D eigenvalue weighted by Crippen LogP contribution is -2.13. The number of nitrogens with zero attached hydrogens (tertiary/aromatic N) is 2. The first-order valence-corrected chi connectivity index (χ1v) is 9.31. The Hall–Kier alpha value is -4.11. The average Bonchev–Trinajstić information content (AvgIpc) is 3.04. The molecule has 1 N–H and O–H groups in total. The van der Waals surface area contributed by atoms with Crippen LogP contribution in [-0.4, -0.2) is 23.6 Å². The van der Waals surface area contributed by atoms with Gasteiger partial charge in [0.1, 0.15) is 11.6 Å². The van der Waals surface area contributed by atoms with Gasteiger partial charge in [0, 0.05) is 17.1 Å². The Kier molecular flexibility index (Phi) is 6.14. The van der Waals surface area contributed by atoms with Crippen molar-refractivity contribution in [1.29, 1.82) is 5.26 Å². The smallest absolute Gasteiger partial charge is 0.339 e. The summed E-state index contributed by atoms with van der Waals surface area (Å²) in [6.07, 6.45) is 1.55. The van der Waals surface area contributed by atoms with E-state index in [1.165, 1.54) is 7.11 Å². The van der Waals surface area contributed by atoms with Gasteiger partial charge in [-0.15, -0.1) is 0 Å². The number of nitriles is 1. The Morgan fingerprint density at radius 3 is 2.40 bits per heavy atom. The summed E-state index contributed by atoms with van der Waals surface area (Å²) in [4.78, 5) is 24.7. The number of anilines is 1. The molecular formula is C24H21N3O3. The molecule has 3 aromatic rings. The predicted molar refractivity (Wildman–Crippen MR) is 115 cm³/mol. The van der Waals surface area contributed by atoms with Gasteiger partial charge in [0.05, 0.1) is 18.4 Å². The van der Waals surface area contributed by atoms with Crippen LogP contribution in [0.2, 0.25) is 0 Å². The van der Waals surface area contributed by atoms with E-state index in [0.717, 1.165) is 11.4 Å². The summed E-state index contributed by atoms with van der Waals surface area (Å²) in [5.41, 5.74) is 4.07. The Morgan fingerprint density at radius 1 is 1.07 bits per heavy atom. The molecule has 6 heteroatoms. The van der Waals surface area contributed by atoms with Gasteiger partial charge >= 0.3 is 5.97 Å². The molecule has 2 aromatic carbocycles. The fourth-order valence-electron chi connectivity index (χ4n) is 3.28. The molecule has 0 spiro atoms. The first-order valence-electron chi connectivity index (χ1n) is 9.31. The monoisotopic (exact) mass is 399 g/mol. The van der Waals surface area contributed by atoms with Crippen molar-refractivity contribution in [2.24, 2.45) is 0 Å². The zero-order chi connectivity index (χ0) is 21.7. The fraction of sp³-hybridized carbons (Fsp3) is 0.125. The second-order valence-electron chi connectivity index (χ2n) is 6.66. The van der Waals surface area contributed by atoms with Crippen LogP contribution in [0, 0.1) is 25.2 Å². The number of carbonyl (C=O) groups excluding carboxylic acids is 2. The maximum Gasteiger partial charge on any atom is 0.339 e. The molecule has 0 atom stereocenters. The molecule has 30 heavy (non-hydrogen) atoms. The van der Waals surface area contributed by atoms with E-state index in [9.17, 15) is 14.9 Å². The number of rotatable bonds is 5. The molecule has 0 fully saturated rings. The number of hydrogen-bond acceptors (Lipinski definition) is 4. The van der Waals surface area contributed by atoms with Crippen molar-refractivity contribution in [3.05, 3.63) is 88.8 Å². The lowest BCUT2D eigenvalue weighted by atomic mass is 10.1. The molecule has 0 aliphatic heterocycles. The topological polar surface area (TPSA) is 84.1 Å². The van der Waals surface area contributed by atoms with Crippen LogP contribution < -0.4 is 5.32 Å². The summed E-state index contributed by atoms with van der Waals surface area (Å²) >= 11 is 0. The summed E-state index contributed by atoms with van der Waals surface area (Å²) in [7, 11) is 1.34. The quantitative estimate of drug-likeness (QED) is 0.391. The maximum absolute atomic E-state index is 12.5. The highest BCUT2D eigenvalue weighted by atomic mass is 16.5. The van der Waals surface area contributed by atoms with Gasteiger partial charge in [-0.3, -0.25) is 4.79 Å². The molecule has 150 valence electrons. The van der Waals surface area contributed by atoms with Crippen molar-refractivity contribution < 1.29 is 14.3 Å². The second-order valence-corrected chi connectivity index (χ2v) is 6.66. The van der Waals surface area contributed by atoms with Crippen molar-refractivity contribution in [2.45, 2.75) is 13.8 Å². The van der Waals surface area contributed by atoms with Gasteiger partial charge < -0.3 is 14.6 Å². The third kappa shape index (κ3) is 4.15. The molecule has 6 nitrogen and oxygen atoms in total. The number of carbonyl (C=O) groups is 2. The van der Waals surface area contributed by atoms with E-state index in [2.05, 4.69) is 5.32 Å². The molecule has 0 aliphatic rings. The van der Waals surface area contributed by atoms with E-state index >= 15 is 0 Å². The summed E-state index contributed by atoms with van der Waals surface area (Å²) in [6, 6.07) is 19.9. The van der Waals surface area contributed by atoms with E-state index in [1.54, 1.807) is 42.5 Å². The van der Waals surface area contributed by atoms with Gasteiger partial charge in [-0.25, -0.2) is 4.79 Å². The molecule has 0 radical (unpaired) electrons. The highest BCUT2D eigenvalue weighted by molar-refractivity contribution is 6.09. The molecule has 1 heterocycles. The third-order valence-corrected chi connectivity index (χ3v) is 4.72. The van der Waals surface area contributed by atoms with Crippen LogP contribution in [0.3, 0.4) is 0 Å². The van der Waals surface area contributed by atoms with Crippen LogP contribution in [-0.2, 0) is 9.53 Å². The molecular weight excluding hydrogens is 378 g/mol. The second kappa shape index (κ2) is 8.93. The number of hydrogen-bond donors (Lipinski definition) is 1. The van der Waals surface area contributed by atoms with Crippen molar-refractivity contribution in [2.75, 3.05) is 12.4 Å². The van der Waals surface area contributed by atoms with Crippen LogP contribution in [0.15, 0.2) is 66.2 Å². The van der Waals surface area contributed by atoms with Crippen molar-refractivity contribution in [3.8, 4) is 11.8 Å². The van der Waals surface area contributed by atoms with Gasteiger partial charge in [-0.05, 0) is 55.8 Å². The van der Waals surface area contributed by atoms with Crippen molar-refractivity contribution >= 4 is 23.6 Å². The van der Waals surface area contributed by atoms with Crippen LogP contribution in [0.25, 0.3) is 11.8 Å². The molecule has 3 rings (SSSR count). The third-order valence-electron chi connectivity index (χ3n) is 4.72. The molecule has 0 saturated heterocycles. The van der Waals surface area contributed by atoms with E-state index in [1.807, 2.05) is 48.7 Å². The SMILES string of the molecule is COC(=O)c1ccccc1-n1c(C)cc(/C=C(/C#N)C(=O)Nc2ccccc2)c1C. The van der Waals surface area contributed by atoms with Gasteiger partial charge in [0.25, 0.3) is 5.91 Å². The minimum atomic E-state index is -0.483. The lowest BCUT2D eigenvalue weighted by Gasteiger charge is -2.13. The minimum Gasteiger partial charge on any atom is -0.465 e. The zero-order valence-corrected chi connectivity index (χ0v) is 17.0. The van der Waals surface area contributed by atoms with Gasteiger partial charge in [-0.1, -0.05) is 30.3 Å². The Morgan fingerprint density at radius 2 is 1.73 bits per heavy atom. The molecule has 0 bridgehead atoms. The Bertz CT molecular complexity index is 1170. The maximum atomic E-state index is 12.5. The molecule has 0 saturated carbocycles. The number of ether oxygens (including phenoxy) is 1. The van der Waals surface area contributed by atoms with E-state index in [0.29, 0.717) is 22.5 Å². The number of nitrogens with one attached hydrogen (secondary N) is 1. The summed E-state index contributed by atoms with van der Waals surface area (Å²) in [6.45, 7) is 3.77. The van der Waals surface area contributed by atoms with Crippen molar-refractivity contribution in [1.82, 2.24) is 4.57 Å². The minimum absolute atomic E-state index is 0.0136. The number of esters is 1. The number of aryl methyl sites for hydroxylation is 1. The first kappa shape index (κ1) is 20.6. The summed E-state index contributed by atoms with van der Waals surface area (Å²) < 4.78 is 6.80. The Labute approximate surface area is 175 Å². The van der Waals surface area contributed by atoms with Crippen LogP contribution in [0.5, 0.6) is 0 Å². The van der Waals surface area contributed by atoms with E-state index in [-0.39, 0.29) is 5.57 Å². The molecule has 0 unspecified atom stereocenters. The Balaban J connectivity index is 2.00. The average molecular weight is 399 g/mol. The normalized spacial score (nSPS) is 10.9. The standard InChI is InChI=1S/C24H21N3O3/c1-16-13-18(14-19(15-25)23(28)26-20-9-5-4-6-10-20)17(2)27(16)22-12-8-7-11-21(22)24(29)30-3/h4-14H,1-3H3,(H,26,28)/b19-14-. The van der Waals surface area contributed by atoms with Crippen LogP contribution in [0.4, 0.5) is 5.69 Å². The largest absolute Gasteiger partial charge is 0.465 e. The van der Waals surface area contributed by atoms with Gasteiger partial charge in [0.15, 0.2) is 0 Å².